The Balaban J connectivity index is 2.44. The van der Waals surface area contributed by atoms with Crippen molar-refractivity contribution in [3.8, 4) is 0 Å². The van der Waals surface area contributed by atoms with Crippen LogP contribution in [-0.2, 0) is 12.8 Å². The third-order valence-corrected chi connectivity index (χ3v) is 5.48. The summed E-state index contributed by atoms with van der Waals surface area (Å²) >= 11 is 5.42. The summed E-state index contributed by atoms with van der Waals surface area (Å²) < 4.78 is 1.20. The van der Waals surface area contributed by atoms with E-state index < -0.39 is 0 Å². The van der Waals surface area contributed by atoms with Crippen LogP contribution in [0.3, 0.4) is 0 Å². The second kappa shape index (κ2) is 8.11. The maximum absolute atomic E-state index is 3.73. The number of benzene rings is 1. The summed E-state index contributed by atoms with van der Waals surface area (Å²) in [6.45, 7) is 7.73. The van der Waals surface area contributed by atoms with E-state index in [1.54, 1.807) is 0 Å². The molecule has 1 aromatic carbocycles. The lowest BCUT2D eigenvalue weighted by atomic mass is 9.94. The Morgan fingerprint density at radius 3 is 2.48 bits per heavy atom. The molecule has 1 aromatic heterocycles. The average molecular weight is 366 g/mol. The highest BCUT2D eigenvalue weighted by Crippen LogP contribution is 2.33. The van der Waals surface area contributed by atoms with E-state index in [0.29, 0.717) is 6.04 Å². The van der Waals surface area contributed by atoms with E-state index in [1.165, 1.54) is 25.4 Å². The third-order valence-electron chi connectivity index (χ3n) is 3.79. The third kappa shape index (κ3) is 4.18. The Kier molecular flexibility index (Phi) is 6.46. The first kappa shape index (κ1) is 16.7. The lowest BCUT2D eigenvalue weighted by Crippen LogP contribution is -2.23. The smallest absolute Gasteiger partial charge is 0.0702 e. The maximum Gasteiger partial charge on any atom is 0.0702 e. The highest BCUT2D eigenvalue weighted by atomic mass is 79.9. The summed E-state index contributed by atoms with van der Waals surface area (Å²) in [7, 11) is 0. The first-order valence-corrected chi connectivity index (χ1v) is 9.40. The SMILES string of the molecule is CCCNC(c1ccc(Br)s1)c1cc(CC)ccc1CC. The number of hydrogen-bond donors (Lipinski definition) is 1. The molecule has 1 N–H and O–H groups in total. The molecule has 0 saturated carbocycles. The summed E-state index contributed by atoms with van der Waals surface area (Å²) in [6, 6.07) is 11.7. The van der Waals surface area contributed by atoms with Crippen molar-refractivity contribution in [1.29, 1.82) is 0 Å². The second-order valence-electron chi connectivity index (χ2n) is 5.27. The van der Waals surface area contributed by atoms with E-state index >= 15 is 0 Å². The summed E-state index contributed by atoms with van der Waals surface area (Å²) in [5.41, 5.74) is 4.31. The summed E-state index contributed by atoms with van der Waals surface area (Å²) in [6.07, 6.45) is 3.32. The van der Waals surface area contributed by atoms with Gasteiger partial charge in [-0.15, -0.1) is 11.3 Å². The zero-order valence-electron chi connectivity index (χ0n) is 13.1. The quantitative estimate of drug-likeness (QED) is 0.660. The van der Waals surface area contributed by atoms with Gasteiger partial charge in [0.25, 0.3) is 0 Å². The Morgan fingerprint density at radius 2 is 1.90 bits per heavy atom. The predicted octanol–water partition coefficient (Wildman–Crippen LogP) is 5.72. The van der Waals surface area contributed by atoms with Crippen LogP contribution >= 0.6 is 27.3 Å². The molecule has 0 amide bonds. The highest BCUT2D eigenvalue weighted by molar-refractivity contribution is 9.11. The zero-order valence-corrected chi connectivity index (χ0v) is 15.5. The van der Waals surface area contributed by atoms with Gasteiger partial charge in [-0.05, 0) is 70.6 Å². The minimum Gasteiger partial charge on any atom is -0.306 e. The molecule has 1 atom stereocenters. The Bertz CT molecular complexity index is 576. The molecule has 0 aliphatic rings. The molecule has 21 heavy (non-hydrogen) atoms. The van der Waals surface area contributed by atoms with Crippen molar-refractivity contribution in [1.82, 2.24) is 5.32 Å². The lowest BCUT2D eigenvalue weighted by Gasteiger charge is -2.21. The van der Waals surface area contributed by atoms with E-state index in [1.807, 2.05) is 11.3 Å². The molecule has 0 fully saturated rings. The van der Waals surface area contributed by atoms with Crippen LogP contribution in [0.1, 0.15) is 54.8 Å². The van der Waals surface area contributed by atoms with E-state index in [0.717, 1.165) is 25.8 Å². The standard InChI is InChI=1S/C18H24BrNS/c1-4-11-20-18(16-9-10-17(19)21-16)15-12-13(5-2)7-8-14(15)6-3/h7-10,12,18,20H,4-6,11H2,1-3H3. The number of rotatable bonds is 7. The van der Waals surface area contributed by atoms with Crippen LogP contribution in [0, 0.1) is 0 Å². The molecule has 1 heterocycles. The Hall–Kier alpha value is -0.640. The van der Waals surface area contributed by atoms with E-state index in [9.17, 15) is 0 Å². The van der Waals surface area contributed by atoms with Crippen LogP contribution in [0.25, 0.3) is 0 Å². The normalized spacial score (nSPS) is 12.6. The monoisotopic (exact) mass is 365 g/mol. The molecule has 0 radical (unpaired) electrons. The van der Waals surface area contributed by atoms with Gasteiger partial charge in [0.2, 0.25) is 0 Å². The summed E-state index contributed by atoms with van der Waals surface area (Å²) in [5.74, 6) is 0. The van der Waals surface area contributed by atoms with Crippen LogP contribution in [0.15, 0.2) is 34.1 Å². The van der Waals surface area contributed by atoms with Gasteiger partial charge in [0.1, 0.15) is 0 Å². The minimum absolute atomic E-state index is 0.308. The van der Waals surface area contributed by atoms with Crippen LogP contribution < -0.4 is 5.32 Å². The van der Waals surface area contributed by atoms with Crippen molar-refractivity contribution in [2.24, 2.45) is 0 Å². The van der Waals surface area contributed by atoms with Crippen molar-refractivity contribution in [3.05, 3.63) is 55.7 Å². The van der Waals surface area contributed by atoms with Gasteiger partial charge in [0.05, 0.1) is 9.83 Å². The fourth-order valence-corrected chi connectivity index (χ4v) is 4.11. The second-order valence-corrected chi connectivity index (χ2v) is 7.76. The van der Waals surface area contributed by atoms with Gasteiger partial charge in [-0.1, -0.05) is 39.0 Å². The molecule has 3 heteroatoms. The van der Waals surface area contributed by atoms with E-state index in [-0.39, 0.29) is 0 Å². The van der Waals surface area contributed by atoms with Gasteiger partial charge in [-0.25, -0.2) is 0 Å². The largest absolute Gasteiger partial charge is 0.306 e. The molecule has 2 aromatic rings. The van der Waals surface area contributed by atoms with Gasteiger partial charge < -0.3 is 5.32 Å². The van der Waals surface area contributed by atoms with Gasteiger partial charge in [0, 0.05) is 4.88 Å². The van der Waals surface area contributed by atoms with Crippen LogP contribution in [0.5, 0.6) is 0 Å². The van der Waals surface area contributed by atoms with Crippen molar-refractivity contribution < 1.29 is 0 Å². The van der Waals surface area contributed by atoms with Crippen LogP contribution in [-0.4, -0.2) is 6.54 Å². The molecule has 2 rings (SSSR count). The summed E-state index contributed by atoms with van der Waals surface area (Å²) in [4.78, 5) is 1.39. The molecule has 1 nitrogen and oxygen atoms in total. The fourth-order valence-electron chi connectivity index (χ4n) is 2.59. The average Bonchev–Trinajstić information content (AvgIpc) is 2.93. The number of thiophene rings is 1. The van der Waals surface area contributed by atoms with Gasteiger partial charge >= 0.3 is 0 Å². The zero-order chi connectivity index (χ0) is 15.2. The molecule has 0 spiro atoms. The molecule has 1 unspecified atom stereocenters. The molecular weight excluding hydrogens is 342 g/mol. The number of nitrogens with one attached hydrogen (secondary N) is 1. The highest BCUT2D eigenvalue weighted by Gasteiger charge is 2.18. The van der Waals surface area contributed by atoms with Gasteiger partial charge in [-0.2, -0.15) is 0 Å². The van der Waals surface area contributed by atoms with E-state index in [4.69, 9.17) is 0 Å². The van der Waals surface area contributed by atoms with Crippen molar-refractivity contribution in [2.75, 3.05) is 6.54 Å². The first-order valence-electron chi connectivity index (χ1n) is 7.79. The molecule has 0 aliphatic heterocycles. The van der Waals surface area contributed by atoms with Gasteiger partial charge in [-0.3, -0.25) is 0 Å². The predicted molar refractivity (Wildman–Crippen MR) is 97.4 cm³/mol. The summed E-state index contributed by atoms with van der Waals surface area (Å²) in [5, 5.41) is 3.73. The topological polar surface area (TPSA) is 12.0 Å². The molecule has 0 aliphatic carbocycles. The minimum atomic E-state index is 0.308. The molecule has 0 saturated heterocycles. The lowest BCUT2D eigenvalue weighted by molar-refractivity contribution is 0.601. The number of aryl methyl sites for hydroxylation is 2. The van der Waals surface area contributed by atoms with Crippen molar-refractivity contribution in [2.45, 2.75) is 46.1 Å². The maximum atomic E-state index is 3.73. The molecule has 114 valence electrons. The van der Waals surface area contributed by atoms with Crippen molar-refractivity contribution >= 4 is 27.3 Å². The van der Waals surface area contributed by atoms with Crippen LogP contribution in [0.2, 0.25) is 0 Å². The number of halogens is 1. The fraction of sp³-hybridized carbons (Fsp3) is 0.444. The Morgan fingerprint density at radius 1 is 1.10 bits per heavy atom. The first-order chi connectivity index (χ1) is 10.2. The van der Waals surface area contributed by atoms with Gasteiger partial charge in [0.15, 0.2) is 0 Å². The number of hydrogen-bond acceptors (Lipinski definition) is 2. The van der Waals surface area contributed by atoms with Crippen molar-refractivity contribution in [3.63, 3.8) is 0 Å². The molecular formula is C18H24BrNS. The van der Waals surface area contributed by atoms with Crippen LogP contribution in [0.4, 0.5) is 0 Å². The molecule has 0 bridgehead atoms. The van der Waals surface area contributed by atoms with E-state index in [2.05, 4.69) is 72.3 Å². The Labute approximate surface area is 140 Å².